The summed E-state index contributed by atoms with van der Waals surface area (Å²) in [6, 6.07) is 10.2. The fourth-order valence-electron chi connectivity index (χ4n) is 1.80. The molecule has 0 atom stereocenters. The van der Waals surface area contributed by atoms with Crippen molar-refractivity contribution in [3.63, 3.8) is 0 Å². The van der Waals surface area contributed by atoms with Gasteiger partial charge in [0, 0.05) is 10.0 Å². The predicted molar refractivity (Wildman–Crippen MR) is 90.8 cm³/mol. The van der Waals surface area contributed by atoms with Crippen LogP contribution in [0.2, 0.25) is 10.0 Å². The maximum absolute atomic E-state index is 12.4. The summed E-state index contributed by atoms with van der Waals surface area (Å²) in [5.41, 5.74) is 9.03. The third kappa shape index (κ3) is 4.03. The largest absolute Gasteiger partial charge is 0.401 e. The van der Waals surface area contributed by atoms with Gasteiger partial charge >= 0.3 is 5.04 Å². The van der Waals surface area contributed by atoms with Crippen LogP contribution < -0.4 is 0 Å². The molecule has 0 fully saturated rings. The summed E-state index contributed by atoms with van der Waals surface area (Å²) in [5, 5.41) is -0.246. The van der Waals surface area contributed by atoms with E-state index < -0.39 is 30.5 Å². The van der Waals surface area contributed by atoms with Crippen molar-refractivity contribution in [2.24, 2.45) is 0 Å². The van der Waals surface area contributed by atoms with Crippen molar-refractivity contribution in [3.05, 3.63) is 64.1 Å². The smallest absolute Gasteiger partial charge is 0.360 e. The van der Waals surface area contributed by atoms with Crippen molar-refractivity contribution >= 4 is 47.9 Å². The Hall–Kier alpha value is -1.70. The fourth-order valence-corrected chi connectivity index (χ4v) is 5.11. The van der Waals surface area contributed by atoms with Crippen LogP contribution in [0.4, 0.5) is 0 Å². The van der Waals surface area contributed by atoms with Crippen molar-refractivity contribution in [1.29, 1.82) is 0 Å². The van der Waals surface area contributed by atoms with Gasteiger partial charge in [-0.15, -0.1) is 0 Å². The minimum atomic E-state index is -4.28. The molecule has 0 amide bonds. The molecule has 2 aromatic carbocycles. The first-order chi connectivity index (χ1) is 11.2. The van der Waals surface area contributed by atoms with Crippen LogP contribution in [0.25, 0.3) is 5.53 Å². The summed E-state index contributed by atoms with van der Waals surface area (Å²) in [6.07, 6.45) is 0. The van der Waals surface area contributed by atoms with Crippen LogP contribution in [0.15, 0.2) is 58.3 Å². The summed E-state index contributed by atoms with van der Waals surface area (Å²) in [5.74, 6) is -0.990. The van der Waals surface area contributed by atoms with Gasteiger partial charge in [0.1, 0.15) is 0 Å². The molecule has 0 unspecified atom stereocenters. The zero-order chi connectivity index (χ0) is 18.0. The van der Waals surface area contributed by atoms with E-state index in [2.05, 4.69) is 4.79 Å². The molecule has 0 bridgehead atoms. The molecule has 0 N–H and O–H groups in total. The van der Waals surface area contributed by atoms with Gasteiger partial charge in [-0.05, 0) is 48.5 Å². The van der Waals surface area contributed by atoms with E-state index in [1.807, 2.05) is 0 Å². The predicted octanol–water partition coefficient (Wildman–Crippen LogP) is 2.87. The van der Waals surface area contributed by atoms with Crippen molar-refractivity contribution < 1.29 is 21.6 Å². The summed E-state index contributed by atoms with van der Waals surface area (Å²) in [4.78, 5) is 2.31. The van der Waals surface area contributed by atoms with Crippen LogP contribution in [-0.2, 0) is 19.7 Å². The van der Waals surface area contributed by atoms with E-state index in [1.54, 1.807) is 0 Å². The molecule has 6 nitrogen and oxygen atoms in total. The lowest BCUT2D eigenvalue weighted by Crippen LogP contribution is -2.25. The topological polar surface area (TPSA) is 105 Å². The molecule has 2 rings (SSSR count). The first-order valence-corrected chi connectivity index (χ1v) is 10.3. The van der Waals surface area contributed by atoms with E-state index in [-0.39, 0.29) is 9.79 Å². The Morgan fingerprint density at radius 1 is 0.833 bits per heavy atom. The Labute approximate surface area is 149 Å². The molecule has 126 valence electrons. The maximum atomic E-state index is 12.4. The quantitative estimate of drug-likeness (QED) is 0.338. The Morgan fingerprint density at radius 3 is 1.67 bits per heavy atom. The molecule has 0 aliphatic carbocycles. The molecule has 2 aromatic rings. The van der Waals surface area contributed by atoms with Gasteiger partial charge in [0.15, 0.2) is 15.6 Å². The first kappa shape index (κ1) is 18.6. The zero-order valence-corrected chi connectivity index (χ0v) is 15.1. The molecule has 0 saturated carbocycles. The minimum Gasteiger partial charge on any atom is -0.360 e. The summed E-state index contributed by atoms with van der Waals surface area (Å²) < 4.78 is 49.5. The van der Waals surface area contributed by atoms with Crippen molar-refractivity contribution in [3.8, 4) is 0 Å². The third-order valence-corrected chi connectivity index (χ3v) is 7.10. The van der Waals surface area contributed by atoms with E-state index >= 15 is 0 Å². The molecule has 0 radical (unpaired) electrons. The highest BCUT2D eigenvalue weighted by Crippen LogP contribution is 2.19. The van der Waals surface area contributed by atoms with Crippen LogP contribution in [0, 0.1) is 0 Å². The highest BCUT2D eigenvalue weighted by molar-refractivity contribution is 8.08. The Morgan fingerprint density at radius 2 is 1.25 bits per heavy atom. The molecule has 10 heteroatoms. The van der Waals surface area contributed by atoms with Gasteiger partial charge in [-0.3, -0.25) is 0 Å². The van der Waals surface area contributed by atoms with Crippen molar-refractivity contribution in [1.82, 2.24) is 0 Å². The molecule has 24 heavy (non-hydrogen) atoms. The number of hydrogen-bond acceptors (Lipinski definition) is 4. The Kier molecular flexibility index (Phi) is 5.47. The number of nitrogens with zero attached hydrogens (tertiary/aromatic N) is 2. The molecule has 0 heterocycles. The van der Waals surface area contributed by atoms with Gasteiger partial charge in [0.05, 0.1) is 9.79 Å². The third-order valence-electron chi connectivity index (χ3n) is 3.03. The number of hydrogen-bond donors (Lipinski definition) is 0. The Bertz CT molecular complexity index is 1010. The molecular formula is C14H10Cl2N2O4S2. The van der Waals surface area contributed by atoms with Gasteiger partial charge in [-0.25, -0.2) is 16.8 Å². The van der Waals surface area contributed by atoms with Crippen LogP contribution in [0.3, 0.4) is 0 Å². The van der Waals surface area contributed by atoms with Crippen LogP contribution >= 0.6 is 23.2 Å². The highest BCUT2D eigenvalue weighted by Gasteiger charge is 2.35. The first-order valence-electron chi connectivity index (χ1n) is 6.37. The lowest BCUT2D eigenvalue weighted by atomic mass is 10.4. The summed E-state index contributed by atoms with van der Waals surface area (Å²) in [7, 11) is -8.32. The lowest BCUT2D eigenvalue weighted by molar-refractivity contribution is -0.000826. The van der Waals surface area contributed by atoms with E-state index in [9.17, 15) is 16.8 Å². The molecular weight excluding hydrogens is 395 g/mol. The standard InChI is InChI=1S/C14H10Cl2N2O4S2/c15-10-1-5-12(6-2-10)23(19,20)9-14(18-17)24(21,22)13-7-3-11(16)4-8-13/h1-8H,9H2. The number of halogens is 2. The molecule has 0 aromatic heterocycles. The molecule has 0 spiro atoms. The second-order valence-electron chi connectivity index (χ2n) is 4.66. The van der Waals surface area contributed by atoms with Crippen LogP contribution in [-0.4, -0.2) is 32.4 Å². The monoisotopic (exact) mass is 404 g/mol. The van der Waals surface area contributed by atoms with Crippen LogP contribution in [0.5, 0.6) is 0 Å². The second-order valence-corrected chi connectivity index (χ2v) is 9.48. The molecule has 0 aliphatic rings. The van der Waals surface area contributed by atoms with E-state index in [1.165, 1.54) is 48.5 Å². The van der Waals surface area contributed by atoms with Crippen molar-refractivity contribution in [2.75, 3.05) is 5.75 Å². The number of benzene rings is 2. The van der Waals surface area contributed by atoms with Gasteiger partial charge in [-0.1, -0.05) is 23.2 Å². The minimum absolute atomic E-state index is 0.139. The van der Waals surface area contributed by atoms with Crippen molar-refractivity contribution in [2.45, 2.75) is 9.79 Å². The lowest BCUT2D eigenvalue weighted by Gasteiger charge is -2.04. The summed E-state index contributed by atoms with van der Waals surface area (Å²) >= 11 is 11.4. The van der Waals surface area contributed by atoms with Crippen LogP contribution in [0.1, 0.15) is 0 Å². The number of rotatable bonds is 4. The average Bonchev–Trinajstić information content (AvgIpc) is 2.53. The van der Waals surface area contributed by atoms with E-state index in [4.69, 9.17) is 28.7 Å². The Balaban J connectivity index is 2.40. The number of sulfone groups is 2. The second kappa shape index (κ2) is 7.04. The summed E-state index contributed by atoms with van der Waals surface area (Å²) in [6.45, 7) is 0. The maximum Gasteiger partial charge on any atom is 0.401 e. The van der Waals surface area contributed by atoms with E-state index in [0.29, 0.717) is 10.0 Å². The van der Waals surface area contributed by atoms with Gasteiger partial charge < -0.3 is 5.53 Å². The fraction of sp³-hybridized carbons (Fsp3) is 0.0714. The SMILES string of the molecule is [N-]=[N+]=C(CS(=O)(=O)c1ccc(Cl)cc1)S(=O)(=O)c1ccc(Cl)cc1. The zero-order valence-electron chi connectivity index (χ0n) is 11.9. The van der Waals surface area contributed by atoms with E-state index in [0.717, 1.165) is 0 Å². The average molecular weight is 405 g/mol. The molecule has 0 saturated heterocycles. The molecule has 0 aliphatic heterocycles. The van der Waals surface area contributed by atoms with Gasteiger partial charge in [0.2, 0.25) is 0 Å². The highest BCUT2D eigenvalue weighted by atomic mass is 35.5. The van der Waals surface area contributed by atoms with Gasteiger partial charge in [0.25, 0.3) is 9.84 Å². The van der Waals surface area contributed by atoms with Gasteiger partial charge in [-0.2, -0.15) is 4.79 Å². The normalized spacial score (nSPS) is 11.8.